The Bertz CT molecular complexity index is 713. The van der Waals surface area contributed by atoms with Crippen molar-refractivity contribution in [2.75, 3.05) is 0 Å². The van der Waals surface area contributed by atoms with Crippen molar-refractivity contribution in [1.82, 2.24) is 14.7 Å². The lowest BCUT2D eigenvalue weighted by atomic mass is 10.1. The third-order valence-corrected chi connectivity index (χ3v) is 6.39. The van der Waals surface area contributed by atoms with E-state index in [9.17, 15) is 4.79 Å². The third-order valence-electron chi connectivity index (χ3n) is 5.51. The molecule has 0 unspecified atom stereocenters. The van der Waals surface area contributed by atoms with Crippen molar-refractivity contribution in [2.45, 2.75) is 64.0 Å². The summed E-state index contributed by atoms with van der Waals surface area (Å²) in [6.45, 7) is 0.693. The maximum Gasteiger partial charge on any atom is 0.228 e. The van der Waals surface area contributed by atoms with Crippen molar-refractivity contribution in [1.29, 1.82) is 0 Å². The van der Waals surface area contributed by atoms with Crippen LogP contribution in [0.5, 0.6) is 0 Å². The predicted molar refractivity (Wildman–Crippen MR) is 96.1 cm³/mol. The van der Waals surface area contributed by atoms with E-state index in [1.807, 2.05) is 23.2 Å². The van der Waals surface area contributed by atoms with Crippen LogP contribution in [0, 0.1) is 0 Å². The Kier molecular flexibility index (Phi) is 4.44. The number of amides is 1. The average Bonchev–Trinajstić information content (AvgIpc) is 3.34. The first-order chi connectivity index (χ1) is 11.7. The quantitative estimate of drug-likeness (QED) is 0.833. The van der Waals surface area contributed by atoms with Crippen LogP contribution in [0.1, 0.15) is 53.9 Å². The number of fused-ring (bicyclic) bond motifs is 1. The number of rotatable bonds is 5. The molecule has 0 atom stereocenters. The Morgan fingerprint density at radius 2 is 2.17 bits per heavy atom. The number of hydrogen-bond donors (Lipinski definition) is 0. The summed E-state index contributed by atoms with van der Waals surface area (Å²) >= 11 is 1.67. The molecule has 4 rings (SSSR count). The second-order valence-corrected chi connectivity index (χ2v) is 8.10. The minimum Gasteiger partial charge on any atom is -0.333 e. The number of carbonyl (C=O) groups excluding carboxylic acids is 1. The van der Waals surface area contributed by atoms with Crippen molar-refractivity contribution in [3.8, 4) is 0 Å². The molecular formula is C19H25N3OS. The molecular weight excluding hydrogens is 318 g/mol. The van der Waals surface area contributed by atoms with Crippen LogP contribution in [0.25, 0.3) is 0 Å². The van der Waals surface area contributed by atoms with Gasteiger partial charge in [0.1, 0.15) is 0 Å². The summed E-state index contributed by atoms with van der Waals surface area (Å²) < 4.78 is 2.04. The monoisotopic (exact) mass is 343 g/mol. The van der Waals surface area contributed by atoms with Gasteiger partial charge in [-0.15, -0.1) is 11.3 Å². The molecule has 1 saturated carbocycles. The van der Waals surface area contributed by atoms with Gasteiger partial charge in [-0.2, -0.15) is 5.10 Å². The fourth-order valence-electron chi connectivity index (χ4n) is 4.29. The fraction of sp³-hybridized carbons (Fsp3) is 0.579. The molecule has 0 aromatic carbocycles. The summed E-state index contributed by atoms with van der Waals surface area (Å²) in [4.78, 5) is 16.3. The van der Waals surface area contributed by atoms with Gasteiger partial charge in [0.15, 0.2) is 0 Å². The van der Waals surface area contributed by atoms with Crippen molar-refractivity contribution >= 4 is 17.2 Å². The smallest absolute Gasteiger partial charge is 0.228 e. The molecule has 5 heteroatoms. The number of aromatic nitrogens is 2. The summed E-state index contributed by atoms with van der Waals surface area (Å²) in [6.07, 6.45) is 8.78. The van der Waals surface area contributed by atoms with Crippen LogP contribution in [0.3, 0.4) is 0 Å². The second-order valence-electron chi connectivity index (χ2n) is 7.07. The standard InChI is InChI=1S/C19H25N3OS/c1-21-18-10-4-9-16(18)17(20-21)13-22(14-6-2-3-7-14)19(23)12-15-8-5-11-24-15/h5,8,11,14H,2-4,6-7,9-10,12-13H2,1H3. The van der Waals surface area contributed by atoms with Gasteiger partial charge in [-0.25, -0.2) is 0 Å². The highest BCUT2D eigenvalue weighted by Gasteiger charge is 2.30. The number of carbonyl (C=O) groups is 1. The number of hydrogen-bond acceptors (Lipinski definition) is 3. The second kappa shape index (κ2) is 6.71. The molecule has 0 aliphatic heterocycles. The van der Waals surface area contributed by atoms with Gasteiger partial charge in [0.2, 0.25) is 5.91 Å². The summed E-state index contributed by atoms with van der Waals surface area (Å²) in [5.41, 5.74) is 3.92. The summed E-state index contributed by atoms with van der Waals surface area (Å²) in [5, 5.41) is 6.80. The zero-order valence-electron chi connectivity index (χ0n) is 14.3. The molecule has 0 spiro atoms. The third kappa shape index (κ3) is 3.02. The highest BCUT2D eigenvalue weighted by atomic mass is 32.1. The van der Waals surface area contributed by atoms with Crippen molar-refractivity contribution < 1.29 is 4.79 Å². The maximum atomic E-state index is 13.0. The lowest BCUT2D eigenvalue weighted by molar-refractivity contribution is -0.133. The first-order valence-electron chi connectivity index (χ1n) is 9.08. The van der Waals surface area contributed by atoms with E-state index >= 15 is 0 Å². The summed E-state index contributed by atoms with van der Waals surface area (Å²) in [6, 6.07) is 4.49. The Hall–Kier alpha value is -1.62. The van der Waals surface area contributed by atoms with Gasteiger partial charge in [-0.05, 0) is 49.1 Å². The van der Waals surface area contributed by atoms with Gasteiger partial charge in [-0.3, -0.25) is 9.48 Å². The Balaban J connectivity index is 1.56. The van der Waals surface area contributed by atoms with Crippen LogP contribution in [0.4, 0.5) is 0 Å². The van der Waals surface area contributed by atoms with Crippen LogP contribution in [-0.4, -0.2) is 26.6 Å². The molecule has 2 aliphatic rings. The topological polar surface area (TPSA) is 38.1 Å². The first kappa shape index (κ1) is 15.9. The van der Waals surface area contributed by atoms with E-state index in [-0.39, 0.29) is 5.91 Å². The molecule has 0 bridgehead atoms. The molecule has 2 aromatic heterocycles. The van der Waals surface area contributed by atoms with E-state index in [0.717, 1.165) is 36.3 Å². The molecule has 0 N–H and O–H groups in total. The molecule has 2 aliphatic carbocycles. The van der Waals surface area contributed by atoms with Crippen LogP contribution >= 0.6 is 11.3 Å². The van der Waals surface area contributed by atoms with Crippen LogP contribution in [-0.2, 0) is 37.6 Å². The zero-order valence-corrected chi connectivity index (χ0v) is 15.1. The highest BCUT2D eigenvalue weighted by Crippen LogP contribution is 2.29. The van der Waals surface area contributed by atoms with Gasteiger partial charge in [0, 0.05) is 23.7 Å². The Morgan fingerprint density at radius 1 is 1.33 bits per heavy atom. The molecule has 0 radical (unpaired) electrons. The lowest BCUT2D eigenvalue weighted by Crippen LogP contribution is -2.39. The molecule has 4 nitrogen and oxygen atoms in total. The van der Waals surface area contributed by atoms with Crippen LogP contribution in [0.15, 0.2) is 17.5 Å². The molecule has 2 heterocycles. The molecule has 1 amide bonds. The van der Waals surface area contributed by atoms with Crippen LogP contribution in [0.2, 0.25) is 0 Å². The Labute approximate surface area is 147 Å². The number of thiophene rings is 1. The van der Waals surface area contributed by atoms with Gasteiger partial charge in [-0.1, -0.05) is 18.9 Å². The van der Waals surface area contributed by atoms with E-state index in [4.69, 9.17) is 5.10 Å². The maximum absolute atomic E-state index is 13.0. The molecule has 0 saturated heterocycles. The predicted octanol–water partition coefficient (Wildman–Crippen LogP) is 3.48. The Morgan fingerprint density at radius 3 is 2.92 bits per heavy atom. The first-order valence-corrected chi connectivity index (χ1v) is 9.96. The lowest BCUT2D eigenvalue weighted by Gasteiger charge is -2.28. The summed E-state index contributed by atoms with van der Waals surface area (Å²) in [5.74, 6) is 0.266. The summed E-state index contributed by atoms with van der Waals surface area (Å²) in [7, 11) is 2.04. The van der Waals surface area contributed by atoms with Crippen molar-refractivity contribution in [3.63, 3.8) is 0 Å². The van der Waals surface area contributed by atoms with E-state index in [1.165, 1.54) is 30.5 Å². The largest absolute Gasteiger partial charge is 0.333 e. The van der Waals surface area contributed by atoms with E-state index in [1.54, 1.807) is 11.3 Å². The van der Waals surface area contributed by atoms with Gasteiger partial charge < -0.3 is 4.90 Å². The minimum atomic E-state index is 0.266. The number of aryl methyl sites for hydroxylation is 1. The fourth-order valence-corrected chi connectivity index (χ4v) is 4.98. The van der Waals surface area contributed by atoms with Crippen LogP contribution < -0.4 is 0 Å². The van der Waals surface area contributed by atoms with Gasteiger partial charge in [0.25, 0.3) is 0 Å². The molecule has 1 fully saturated rings. The number of nitrogens with zero attached hydrogens (tertiary/aromatic N) is 3. The molecule has 2 aromatic rings. The molecule has 128 valence electrons. The van der Waals surface area contributed by atoms with Crippen molar-refractivity contribution in [3.05, 3.63) is 39.3 Å². The normalized spacial score (nSPS) is 17.4. The zero-order chi connectivity index (χ0) is 16.5. The van der Waals surface area contributed by atoms with E-state index < -0.39 is 0 Å². The SMILES string of the molecule is Cn1nc(CN(C(=O)Cc2cccs2)C2CCCC2)c2c1CCC2. The molecule has 24 heavy (non-hydrogen) atoms. The minimum absolute atomic E-state index is 0.266. The van der Waals surface area contributed by atoms with Gasteiger partial charge >= 0.3 is 0 Å². The average molecular weight is 343 g/mol. The van der Waals surface area contributed by atoms with Crippen molar-refractivity contribution in [2.24, 2.45) is 7.05 Å². The van der Waals surface area contributed by atoms with Gasteiger partial charge in [0.05, 0.1) is 18.7 Å². The van der Waals surface area contributed by atoms with E-state index in [2.05, 4.69) is 11.0 Å². The highest BCUT2D eigenvalue weighted by molar-refractivity contribution is 7.10. The van der Waals surface area contributed by atoms with E-state index in [0.29, 0.717) is 19.0 Å².